The molecule has 0 heterocycles. The molecular formula is C14H21NO. The number of hydrogen-bond donors (Lipinski definition) is 1. The van der Waals surface area contributed by atoms with E-state index in [1.807, 2.05) is 37.3 Å². The predicted octanol–water partition coefficient (Wildman–Crippen LogP) is 3.01. The van der Waals surface area contributed by atoms with E-state index in [2.05, 4.69) is 18.8 Å². The Morgan fingerprint density at radius 1 is 1.38 bits per heavy atom. The van der Waals surface area contributed by atoms with Gasteiger partial charge in [-0.25, -0.2) is 0 Å². The van der Waals surface area contributed by atoms with Crippen molar-refractivity contribution in [2.45, 2.75) is 26.3 Å². The molecule has 0 aromatic heterocycles. The summed E-state index contributed by atoms with van der Waals surface area (Å²) in [6, 6.07) is 10.3. The van der Waals surface area contributed by atoms with Crippen molar-refractivity contribution < 1.29 is 4.74 Å². The van der Waals surface area contributed by atoms with E-state index < -0.39 is 0 Å². The number of ether oxygens (including phenoxy) is 1. The quantitative estimate of drug-likeness (QED) is 0.712. The van der Waals surface area contributed by atoms with E-state index in [0.29, 0.717) is 12.6 Å². The maximum absolute atomic E-state index is 5.72. The maximum Gasteiger partial charge on any atom is 0.119 e. The highest BCUT2D eigenvalue weighted by atomic mass is 16.5. The second-order valence-electron chi connectivity index (χ2n) is 4.04. The molecule has 0 amide bonds. The summed E-state index contributed by atoms with van der Waals surface area (Å²) in [5.41, 5.74) is 1.18. The van der Waals surface area contributed by atoms with Crippen LogP contribution in [-0.4, -0.2) is 19.2 Å². The topological polar surface area (TPSA) is 21.3 Å². The third-order valence-corrected chi connectivity index (χ3v) is 2.28. The lowest BCUT2D eigenvalue weighted by Gasteiger charge is -2.18. The van der Waals surface area contributed by atoms with Crippen molar-refractivity contribution in [3.05, 3.63) is 42.5 Å². The van der Waals surface area contributed by atoms with E-state index >= 15 is 0 Å². The van der Waals surface area contributed by atoms with Gasteiger partial charge < -0.3 is 10.1 Å². The molecule has 0 saturated heterocycles. The minimum atomic E-state index is 0.350. The standard InChI is InChI=1S/C14H21NO/c1-4-15-13(10-12(2)3)11-16-14-8-6-5-7-9-14/h5-9,13,15H,2,4,10-11H2,1,3H3. The fourth-order valence-corrected chi connectivity index (χ4v) is 1.61. The van der Waals surface area contributed by atoms with E-state index in [-0.39, 0.29) is 0 Å². The molecule has 0 aliphatic carbocycles. The van der Waals surface area contributed by atoms with Gasteiger partial charge in [0.15, 0.2) is 0 Å². The first-order chi connectivity index (χ1) is 7.72. The molecule has 0 fully saturated rings. The summed E-state index contributed by atoms with van der Waals surface area (Å²) in [6.07, 6.45) is 0.959. The molecule has 1 rings (SSSR count). The lowest BCUT2D eigenvalue weighted by atomic mass is 10.1. The Labute approximate surface area is 98.3 Å². The van der Waals surface area contributed by atoms with Crippen LogP contribution in [0.25, 0.3) is 0 Å². The Morgan fingerprint density at radius 3 is 2.62 bits per heavy atom. The van der Waals surface area contributed by atoms with Crippen molar-refractivity contribution in [3.63, 3.8) is 0 Å². The Kier molecular flexibility index (Phi) is 5.65. The summed E-state index contributed by atoms with van der Waals surface area (Å²) < 4.78 is 5.72. The normalized spacial score (nSPS) is 12.1. The molecule has 0 aliphatic heterocycles. The van der Waals surface area contributed by atoms with Crippen LogP contribution >= 0.6 is 0 Å². The summed E-state index contributed by atoms with van der Waals surface area (Å²) in [5.74, 6) is 0.923. The Morgan fingerprint density at radius 2 is 2.06 bits per heavy atom. The molecule has 0 saturated carbocycles. The monoisotopic (exact) mass is 219 g/mol. The SMILES string of the molecule is C=C(C)CC(COc1ccccc1)NCC. The summed E-state index contributed by atoms with van der Waals surface area (Å²) >= 11 is 0. The van der Waals surface area contributed by atoms with Crippen LogP contribution in [0.1, 0.15) is 20.3 Å². The van der Waals surface area contributed by atoms with E-state index in [1.165, 1.54) is 5.57 Å². The fourth-order valence-electron chi connectivity index (χ4n) is 1.61. The maximum atomic E-state index is 5.72. The minimum Gasteiger partial charge on any atom is -0.492 e. The molecule has 1 N–H and O–H groups in total. The number of likely N-dealkylation sites (N-methyl/N-ethyl adjacent to an activating group) is 1. The van der Waals surface area contributed by atoms with Crippen molar-refractivity contribution in [3.8, 4) is 5.75 Å². The molecule has 1 aromatic rings. The summed E-state index contributed by atoms with van der Waals surface area (Å²) in [6.45, 7) is 9.73. The lowest BCUT2D eigenvalue weighted by Crippen LogP contribution is -2.34. The van der Waals surface area contributed by atoms with Crippen LogP contribution in [0.4, 0.5) is 0 Å². The largest absolute Gasteiger partial charge is 0.492 e. The zero-order valence-corrected chi connectivity index (χ0v) is 10.2. The van der Waals surface area contributed by atoms with Crippen molar-refractivity contribution >= 4 is 0 Å². The van der Waals surface area contributed by atoms with Gasteiger partial charge in [0.25, 0.3) is 0 Å². The Balaban J connectivity index is 2.40. The van der Waals surface area contributed by atoms with Crippen LogP contribution in [0.3, 0.4) is 0 Å². The fraction of sp³-hybridized carbons (Fsp3) is 0.429. The van der Waals surface area contributed by atoms with E-state index in [0.717, 1.165) is 18.7 Å². The second kappa shape index (κ2) is 7.07. The van der Waals surface area contributed by atoms with Gasteiger partial charge in [0.1, 0.15) is 12.4 Å². The highest BCUT2D eigenvalue weighted by Crippen LogP contribution is 2.10. The summed E-state index contributed by atoms with van der Waals surface area (Å²) in [7, 11) is 0. The van der Waals surface area contributed by atoms with Gasteiger partial charge in [-0.05, 0) is 32.0 Å². The van der Waals surface area contributed by atoms with Gasteiger partial charge in [-0.3, -0.25) is 0 Å². The van der Waals surface area contributed by atoms with E-state index in [9.17, 15) is 0 Å². The van der Waals surface area contributed by atoms with Crippen LogP contribution < -0.4 is 10.1 Å². The molecular weight excluding hydrogens is 198 g/mol. The average Bonchev–Trinajstić information content (AvgIpc) is 2.27. The van der Waals surface area contributed by atoms with Gasteiger partial charge in [0, 0.05) is 6.04 Å². The zero-order chi connectivity index (χ0) is 11.8. The van der Waals surface area contributed by atoms with Crippen LogP contribution in [0, 0.1) is 0 Å². The first kappa shape index (κ1) is 12.8. The molecule has 1 unspecified atom stereocenters. The molecule has 16 heavy (non-hydrogen) atoms. The summed E-state index contributed by atoms with van der Waals surface area (Å²) in [4.78, 5) is 0. The molecule has 2 nitrogen and oxygen atoms in total. The molecule has 0 aliphatic rings. The molecule has 0 bridgehead atoms. The van der Waals surface area contributed by atoms with Gasteiger partial charge in [-0.15, -0.1) is 6.58 Å². The van der Waals surface area contributed by atoms with Crippen LogP contribution in [0.15, 0.2) is 42.5 Å². The third-order valence-electron chi connectivity index (χ3n) is 2.28. The van der Waals surface area contributed by atoms with Crippen molar-refractivity contribution in [2.75, 3.05) is 13.2 Å². The molecule has 88 valence electrons. The third kappa shape index (κ3) is 4.99. The number of nitrogens with one attached hydrogen (secondary N) is 1. The molecule has 1 atom stereocenters. The average molecular weight is 219 g/mol. The predicted molar refractivity (Wildman–Crippen MR) is 68.8 cm³/mol. The Hall–Kier alpha value is -1.28. The smallest absolute Gasteiger partial charge is 0.119 e. The van der Waals surface area contributed by atoms with Gasteiger partial charge in [-0.2, -0.15) is 0 Å². The molecule has 0 radical (unpaired) electrons. The zero-order valence-electron chi connectivity index (χ0n) is 10.2. The van der Waals surface area contributed by atoms with Crippen LogP contribution in [0.2, 0.25) is 0 Å². The highest BCUT2D eigenvalue weighted by Gasteiger charge is 2.07. The number of rotatable bonds is 7. The van der Waals surface area contributed by atoms with Gasteiger partial charge in [0.2, 0.25) is 0 Å². The molecule has 0 spiro atoms. The van der Waals surface area contributed by atoms with Gasteiger partial charge in [0.05, 0.1) is 0 Å². The summed E-state index contributed by atoms with van der Waals surface area (Å²) in [5, 5.41) is 3.40. The van der Waals surface area contributed by atoms with Crippen molar-refractivity contribution in [2.24, 2.45) is 0 Å². The Bertz CT molecular complexity index is 308. The second-order valence-corrected chi connectivity index (χ2v) is 4.04. The molecule has 2 heteroatoms. The number of para-hydroxylation sites is 1. The number of hydrogen-bond acceptors (Lipinski definition) is 2. The van der Waals surface area contributed by atoms with Crippen LogP contribution in [-0.2, 0) is 0 Å². The first-order valence-corrected chi connectivity index (χ1v) is 5.78. The van der Waals surface area contributed by atoms with E-state index in [1.54, 1.807) is 0 Å². The minimum absolute atomic E-state index is 0.350. The van der Waals surface area contributed by atoms with Gasteiger partial charge in [-0.1, -0.05) is 30.7 Å². The highest BCUT2D eigenvalue weighted by molar-refractivity contribution is 5.21. The van der Waals surface area contributed by atoms with E-state index in [4.69, 9.17) is 4.74 Å². The molecule has 1 aromatic carbocycles. The first-order valence-electron chi connectivity index (χ1n) is 5.78. The number of benzene rings is 1. The van der Waals surface area contributed by atoms with Gasteiger partial charge >= 0.3 is 0 Å². The van der Waals surface area contributed by atoms with Crippen LogP contribution in [0.5, 0.6) is 5.75 Å². The van der Waals surface area contributed by atoms with Crippen molar-refractivity contribution in [1.82, 2.24) is 5.32 Å². The van der Waals surface area contributed by atoms with Crippen molar-refractivity contribution in [1.29, 1.82) is 0 Å². The lowest BCUT2D eigenvalue weighted by molar-refractivity contribution is 0.265.